The van der Waals surface area contributed by atoms with Crippen molar-refractivity contribution in [3.63, 3.8) is 0 Å². The molecule has 0 unspecified atom stereocenters. The van der Waals surface area contributed by atoms with E-state index < -0.39 is 5.97 Å². The van der Waals surface area contributed by atoms with Gasteiger partial charge in [0.05, 0.1) is 17.8 Å². The number of para-hydroxylation sites is 3. The average molecular weight is 394 g/mol. The summed E-state index contributed by atoms with van der Waals surface area (Å²) in [6.45, 7) is 1.82. The highest BCUT2D eigenvalue weighted by molar-refractivity contribution is 6.31. The number of aryl methyl sites for hydroxylation is 1. The summed E-state index contributed by atoms with van der Waals surface area (Å²) in [5.41, 5.74) is 3.79. The highest BCUT2D eigenvalue weighted by Gasteiger charge is 2.18. The summed E-state index contributed by atoms with van der Waals surface area (Å²) in [6.07, 6.45) is 1.43. The molecule has 0 radical (unpaired) electrons. The van der Waals surface area contributed by atoms with Crippen molar-refractivity contribution in [1.82, 2.24) is 14.8 Å². The van der Waals surface area contributed by atoms with Gasteiger partial charge >= 0.3 is 5.97 Å². The molecule has 0 aliphatic rings. The lowest BCUT2D eigenvalue weighted by Crippen LogP contribution is -1.98. The molecule has 0 aliphatic carbocycles. The van der Waals surface area contributed by atoms with Gasteiger partial charge in [-0.3, -0.25) is 4.79 Å². The third kappa shape index (κ3) is 3.42. The maximum absolute atomic E-state index is 11.4. The molecule has 2 aromatic carbocycles. The van der Waals surface area contributed by atoms with Crippen molar-refractivity contribution in [2.45, 2.75) is 13.3 Å². The van der Waals surface area contributed by atoms with Gasteiger partial charge in [0.15, 0.2) is 5.58 Å². The van der Waals surface area contributed by atoms with Crippen molar-refractivity contribution < 1.29 is 14.3 Å². The summed E-state index contributed by atoms with van der Waals surface area (Å²) in [5, 5.41) is 14.2. The van der Waals surface area contributed by atoms with Crippen LogP contribution >= 0.6 is 11.6 Å². The first-order valence-electron chi connectivity index (χ1n) is 8.62. The zero-order chi connectivity index (χ0) is 19.7. The number of oxazole rings is 1. The Morgan fingerprint density at radius 1 is 1.18 bits per heavy atom. The number of carboxylic acids is 1. The Balaban J connectivity index is 1.83. The van der Waals surface area contributed by atoms with Crippen LogP contribution in [0.2, 0.25) is 5.15 Å². The fraction of sp³-hybridized carbons (Fsp3) is 0.0952. The number of halogens is 1. The number of carboxylic acid groups (broad SMARTS) is 1. The fourth-order valence-corrected chi connectivity index (χ4v) is 3.28. The molecule has 2 aromatic heterocycles. The lowest BCUT2D eigenvalue weighted by Gasteiger charge is -2.03. The lowest BCUT2D eigenvalue weighted by atomic mass is 10.1. The highest BCUT2D eigenvalue weighted by Crippen LogP contribution is 2.30. The number of fused-ring (bicyclic) bond motifs is 1. The summed E-state index contributed by atoms with van der Waals surface area (Å²) in [5.74, 6) is -0.732. The van der Waals surface area contributed by atoms with E-state index in [1.54, 1.807) is 16.8 Å². The van der Waals surface area contributed by atoms with Crippen LogP contribution in [0.3, 0.4) is 0 Å². The molecule has 28 heavy (non-hydrogen) atoms. The Labute approximate surface area is 165 Å². The molecule has 7 heteroatoms. The van der Waals surface area contributed by atoms with Crippen LogP contribution in [-0.2, 0) is 4.79 Å². The molecule has 0 saturated carbocycles. The standard InChI is InChI=1S/C21H16ClN3O3/c1-13-16(20(22)25(24-13)15-7-3-2-4-8-15)11-14(12-19(26)27)21-23-17-9-5-6-10-18(17)28-21/h2-11H,12H2,1H3,(H,26,27). The third-order valence-corrected chi connectivity index (χ3v) is 4.64. The van der Waals surface area contributed by atoms with Gasteiger partial charge in [0.25, 0.3) is 0 Å². The molecule has 0 saturated heterocycles. The molecule has 2 heterocycles. The van der Waals surface area contributed by atoms with E-state index in [2.05, 4.69) is 10.1 Å². The number of benzene rings is 2. The molecule has 0 bridgehead atoms. The summed E-state index contributed by atoms with van der Waals surface area (Å²) in [4.78, 5) is 15.8. The average Bonchev–Trinajstić information content (AvgIpc) is 3.24. The summed E-state index contributed by atoms with van der Waals surface area (Å²) in [7, 11) is 0. The molecule has 0 fully saturated rings. The predicted octanol–water partition coefficient (Wildman–Crippen LogP) is 4.99. The van der Waals surface area contributed by atoms with Gasteiger partial charge in [0.2, 0.25) is 5.89 Å². The molecule has 1 N–H and O–H groups in total. The summed E-state index contributed by atoms with van der Waals surface area (Å²) < 4.78 is 7.38. The zero-order valence-electron chi connectivity index (χ0n) is 15.0. The second-order valence-electron chi connectivity index (χ2n) is 6.26. The van der Waals surface area contributed by atoms with Crippen LogP contribution in [0.25, 0.3) is 28.4 Å². The van der Waals surface area contributed by atoms with Crippen molar-refractivity contribution in [2.75, 3.05) is 0 Å². The summed E-state index contributed by atoms with van der Waals surface area (Å²) >= 11 is 6.57. The van der Waals surface area contributed by atoms with Crippen molar-refractivity contribution in [3.05, 3.63) is 76.9 Å². The number of rotatable bonds is 5. The molecule has 0 amide bonds. The van der Waals surface area contributed by atoms with E-state index in [0.717, 1.165) is 5.69 Å². The first-order chi connectivity index (χ1) is 13.5. The zero-order valence-corrected chi connectivity index (χ0v) is 15.7. The Hall–Kier alpha value is -3.38. The van der Waals surface area contributed by atoms with Gasteiger partial charge in [-0.15, -0.1) is 0 Å². The lowest BCUT2D eigenvalue weighted by molar-refractivity contribution is -0.135. The largest absolute Gasteiger partial charge is 0.481 e. The van der Waals surface area contributed by atoms with E-state index in [9.17, 15) is 9.90 Å². The van der Waals surface area contributed by atoms with Crippen LogP contribution in [0, 0.1) is 6.92 Å². The Morgan fingerprint density at radius 2 is 1.89 bits per heavy atom. The van der Waals surface area contributed by atoms with Gasteiger partial charge in [-0.25, -0.2) is 9.67 Å². The van der Waals surface area contributed by atoms with Gasteiger partial charge in [0, 0.05) is 11.1 Å². The molecule has 6 nitrogen and oxygen atoms in total. The quantitative estimate of drug-likeness (QED) is 0.516. The number of aliphatic carboxylic acids is 1. The van der Waals surface area contributed by atoms with Gasteiger partial charge in [-0.1, -0.05) is 41.9 Å². The predicted molar refractivity (Wildman–Crippen MR) is 107 cm³/mol. The number of hydrogen-bond acceptors (Lipinski definition) is 4. The molecule has 4 aromatic rings. The van der Waals surface area contributed by atoms with E-state index in [4.69, 9.17) is 16.0 Å². The van der Waals surface area contributed by atoms with Crippen LogP contribution in [-0.4, -0.2) is 25.8 Å². The monoisotopic (exact) mass is 393 g/mol. The van der Waals surface area contributed by atoms with Crippen molar-refractivity contribution in [2.24, 2.45) is 0 Å². The summed E-state index contributed by atoms with van der Waals surface area (Å²) in [6, 6.07) is 16.8. The number of nitrogens with zero attached hydrogens (tertiary/aromatic N) is 3. The normalized spacial score (nSPS) is 11.9. The van der Waals surface area contributed by atoms with Crippen molar-refractivity contribution in [3.8, 4) is 5.69 Å². The molecule has 0 atom stereocenters. The van der Waals surface area contributed by atoms with Crippen LogP contribution in [0.1, 0.15) is 23.6 Å². The molecule has 140 valence electrons. The van der Waals surface area contributed by atoms with Gasteiger partial charge < -0.3 is 9.52 Å². The van der Waals surface area contributed by atoms with Gasteiger partial charge in [0.1, 0.15) is 10.7 Å². The maximum Gasteiger partial charge on any atom is 0.308 e. The topological polar surface area (TPSA) is 81.2 Å². The second-order valence-corrected chi connectivity index (χ2v) is 6.62. The Morgan fingerprint density at radius 3 is 2.61 bits per heavy atom. The minimum absolute atomic E-state index is 0.251. The fourth-order valence-electron chi connectivity index (χ4n) is 2.95. The van der Waals surface area contributed by atoms with Crippen molar-refractivity contribution in [1.29, 1.82) is 0 Å². The maximum atomic E-state index is 11.4. The van der Waals surface area contributed by atoms with E-state index in [1.165, 1.54) is 0 Å². The number of aromatic nitrogens is 3. The van der Waals surface area contributed by atoms with E-state index >= 15 is 0 Å². The third-order valence-electron chi connectivity index (χ3n) is 4.28. The Bertz CT molecular complexity index is 1160. The van der Waals surface area contributed by atoms with Crippen molar-refractivity contribution >= 4 is 40.3 Å². The number of carbonyl (C=O) groups is 1. The van der Waals surface area contributed by atoms with Gasteiger partial charge in [-0.05, 0) is 37.3 Å². The Kier molecular flexibility index (Phi) is 4.71. The smallest absolute Gasteiger partial charge is 0.308 e. The van der Waals surface area contributed by atoms with E-state index in [1.807, 2.05) is 55.5 Å². The minimum atomic E-state index is -0.988. The van der Waals surface area contributed by atoms with Crippen LogP contribution in [0.5, 0.6) is 0 Å². The molecule has 0 aliphatic heterocycles. The second kappa shape index (κ2) is 7.32. The van der Waals surface area contributed by atoms with Gasteiger partial charge in [-0.2, -0.15) is 5.10 Å². The molecular formula is C21H16ClN3O3. The number of hydrogen-bond donors (Lipinski definition) is 1. The first kappa shape index (κ1) is 18.0. The first-order valence-corrected chi connectivity index (χ1v) is 8.99. The minimum Gasteiger partial charge on any atom is -0.481 e. The van der Waals surface area contributed by atoms with Crippen LogP contribution in [0.4, 0.5) is 0 Å². The van der Waals surface area contributed by atoms with Crippen LogP contribution < -0.4 is 0 Å². The van der Waals surface area contributed by atoms with E-state index in [0.29, 0.717) is 33.1 Å². The molecular weight excluding hydrogens is 378 g/mol. The van der Waals surface area contributed by atoms with E-state index in [-0.39, 0.29) is 12.3 Å². The highest BCUT2D eigenvalue weighted by atomic mass is 35.5. The van der Waals surface area contributed by atoms with Crippen LogP contribution in [0.15, 0.2) is 59.0 Å². The SMILES string of the molecule is Cc1nn(-c2ccccc2)c(Cl)c1C=C(CC(=O)O)c1nc2ccccc2o1. The molecule has 0 spiro atoms. The molecule has 4 rings (SSSR count).